The van der Waals surface area contributed by atoms with Gasteiger partial charge in [0.05, 0.1) is 10.6 Å². The molecule has 0 unspecified atom stereocenters. The van der Waals surface area contributed by atoms with E-state index in [0.717, 1.165) is 0 Å². The van der Waals surface area contributed by atoms with E-state index < -0.39 is 0 Å². The minimum atomic E-state index is -0.305. The molecule has 6 nitrogen and oxygen atoms in total. The van der Waals surface area contributed by atoms with Crippen molar-refractivity contribution in [3.8, 4) is 5.75 Å². The van der Waals surface area contributed by atoms with Gasteiger partial charge in [0.25, 0.3) is 11.8 Å². The van der Waals surface area contributed by atoms with Crippen LogP contribution in [0.15, 0.2) is 41.1 Å². The van der Waals surface area contributed by atoms with Gasteiger partial charge in [-0.2, -0.15) is 0 Å². The third-order valence-electron chi connectivity index (χ3n) is 3.62. The summed E-state index contributed by atoms with van der Waals surface area (Å²) in [6.45, 7) is 4.99. The first-order chi connectivity index (χ1) is 12.4. The summed E-state index contributed by atoms with van der Waals surface area (Å²) in [4.78, 5) is 29.8. The van der Waals surface area contributed by atoms with Crippen LogP contribution in [0.5, 0.6) is 5.75 Å². The van der Waals surface area contributed by atoms with Crippen LogP contribution in [0.1, 0.15) is 24.2 Å². The second kappa shape index (κ2) is 9.54. The quantitative estimate of drug-likeness (QED) is 0.706. The largest absolute Gasteiger partial charge is 0.482 e. The number of benzene rings is 1. The molecule has 0 atom stereocenters. The summed E-state index contributed by atoms with van der Waals surface area (Å²) in [6.07, 6.45) is 3.07. The van der Waals surface area contributed by atoms with E-state index in [-0.39, 0.29) is 18.4 Å². The molecule has 0 saturated carbocycles. The third-order valence-corrected chi connectivity index (χ3v) is 4.35. The maximum Gasteiger partial charge on any atom is 0.260 e. The van der Waals surface area contributed by atoms with E-state index in [2.05, 4.69) is 26.2 Å². The number of rotatable bonds is 7. The van der Waals surface area contributed by atoms with Gasteiger partial charge in [0, 0.05) is 35.6 Å². The lowest BCUT2D eigenvalue weighted by molar-refractivity contribution is -0.132. The first-order valence-electron chi connectivity index (χ1n) is 8.06. The lowest BCUT2D eigenvalue weighted by Crippen LogP contribution is -2.34. The summed E-state index contributed by atoms with van der Waals surface area (Å²) in [5, 5.41) is 3.05. The second-order valence-corrected chi connectivity index (χ2v) is 6.67. The monoisotopic (exact) mass is 439 g/mol. The van der Waals surface area contributed by atoms with Crippen LogP contribution in [0, 0.1) is 0 Å². The molecule has 1 aromatic carbocycles. The molecule has 138 valence electrons. The van der Waals surface area contributed by atoms with Crippen molar-refractivity contribution in [1.82, 2.24) is 9.88 Å². The van der Waals surface area contributed by atoms with Gasteiger partial charge in [-0.3, -0.25) is 14.6 Å². The summed E-state index contributed by atoms with van der Waals surface area (Å²) in [5.41, 5.74) is 0.933. The Labute approximate surface area is 165 Å². The minimum Gasteiger partial charge on any atom is -0.482 e. The summed E-state index contributed by atoms with van der Waals surface area (Å²) in [7, 11) is 0. The predicted molar refractivity (Wildman–Crippen MR) is 105 cm³/mol. The molecule has 0 radical (unpaired) electrons. The van der Waals surface area contributed by atoms with Gasteiger partial charge in [0.2, 0.25) is 0 Å². The molecule has 1 N–H and O–H groups in total. The first-order valence-corrected chi connectivity index (χ1v) is 9.23. The van der Waals surface area contributed by atoms with Crippen molar-refractivity contribution in [2.24, 2.45) is 0 Å². The van der Waals surface area contributed by atoms with Gasteiger partial charge in [0.1, 0.15) is 5.75 Å². The Morgan fingerprint density at radius 2 is 1.96 bits per heavy atom. The predicted octanol–water partition coefficient (Wildman–Crippen LogP) is 4.00. The SMILES string of the molecule is CCN(CC)C(=O)COc1ccc(NC(=O)c2cncc(Br)c2)cc1Cl. The number of amides is 2. The van der Waals surface area contributed by atoms with Gasteiger partial charge < -0.3 is 15.0 Å². The van der Waals surface area contributed by atoms with Crippen LogP contribution in [0.4, 0.5) is 5.69 Å². The molecule has 2 amide bonds. The van der Waals surface area contributed by atoms with E-state index in [1.165, 1.54) is 6.20 Å². The van der Waals surface area contributed by atoms with Crippen molar-refractivity contribution >= 4 is 45.0 Å². The molecule has 8 heteroatoms. The van der Waals surface area contributed by atoms with Crippen LogP contribution in [-0.4, -0.2) is 41.4 Å². The number of carbonyl (C=O) groups is 2. The fraction of sp³-hybridized carbons (Fsp3) is 0.278. The lowest BCUT2D eigenvalue weighted by atomic mass is 10.2. The third kappa shape index (κ3) is 5.44. The number of nitrogens with zero attached hydrogens (tertiary/aromatic N) is 2. The Hall–Kier alpha value is -2.12. The van der Waals surface area contributed by atoms with Crippen molar-refractivity contribution in [2.45, 2.75) is 13.8 Å². The Morgan fingerprint density at radius 3 is 2.58 bits per heavy atom. The first kappa shape index (κ1) is 20.2. The number of pyridine rings is 1. The lowest BCUT2D eigenvalue weighted by Gasteiger charge is -2.19. The number of hydrogen-bond donors (Lipinski definition) is 1. The van der Waals surface area contributed by atoms with Crippen molar-refractivity contribution in [3.05, 3.63) is 51.7 Å². The number of anilines is 1. The van der Waals surface area contributed by atoms with E-state index in [9.17, 15) is 9.59 Å². The zero-order chi connectivity index (χ0) is 19.1. The van der Waals surface area contributed by atoms with E-state index in [1.807, 2.05) is 13.8 Å². The molecular formula is C18H19BrClN3O3. The fourth-order valence-corrected chi connectivity index (χ4v) is 2.84. The second-order valence-electron chi connectivity index (χ2n) is 5.35. The Kier molecular flexibility index (Phi) is 7.41. The molecule has 2 rings (SSSR count). The minimum absolute atomic E-state index is 0.0865. The zero-order valence-electron chi connectivity index (χ0n) is 14.5. The Balaban J connectivity index is 2.00. The molecule has 0 aliphatic heterocycles. The smallest absolute Gasteiger partial charge is 0.260 e. The Bertz CT molecular complexity index is 797. The van der Waals surface area contributed by atoms with E-state index >= 15 is 0 Å². The number of ether oxygens (including phenoxy) is 1. The molecule has 0 saturated heterocycles. The molecular weight excluding hydrogens is 422 g/mol. The maximum absolute atomic E-state index is 12.2. The van der Waals surface area contributed by atoms with Gasteiger partial charge in [-0.05, 0) is 54.0 Å². The molecule has 0 fully saturated rings. The molecule has 26 heavy (non-hydrogen) atoms. The zero-order valence-corrected chi connectivity index (χ0v) is 16.8. The highest BCUT2D eigenvalue weighted by molar-refractivity contribution is 9.10. The molecule has 0 aliphatic rings. The van der Waals surface area contributed by atoms with Crippen LogP contribution in [-0.2, 0) is 4.79 Å². The van der Waals surface area contributed by atoms with Gasteiger partial charge in [0.15, 0.2) is 6.61 Å². The fourth-order valence-electron chi connectivity index (χ4n) is 2.24. The summed E-state index contributed by atoms with van der Waals surface area (Å²) in [5.74, 6) is -0.0276. The number of halogens is 2. The topological polar surface area (TPSA) is 71.5 Å². The average Bonchev–Trinajstić information content (AvgIpc) is 2.62. The van der Waals surface area contributed by atoms with Crippen LogP contribution < -0.4 is 10.1 Å². The summed E-state index contributed by atoms with van der Waals surface area (Å²) < 4.78 is 6.20. The highest BCUT2D eigenvalue weighted by Crippen LogP contribution is 2.28. The normalized spacial score (nSPS) is 10.3. The summed E-state index contributed by atoms with van der Waals surface area (Å²) >= 11 is 9.47. The molecule has 0 bridgehead atoms. The van der Waals surface area contributed by atoms with Crippen LogP contribution >= 0.6 is 27.5 Å². The van der Waals surface area contributed by atoms with Crippen LogP contribution in [0.3, 0.4) is 0 Å². The van der Waals surface area contributed by atoms with Crippen molar-refractivity contribution in [3.63, 3.8) is 0 Å². The molecule has 0 aliphatic carbocycles. The van der Waals surface area contributed by atoms with Crippen molar-refractivity contribution < 1.29 is 14.3 Å². The van der Waals surface area contributed by atoms with Gasteiger partial charge in [-0.15, -0.1) is 0 Å². The Morgan fingerprint density at radius 1 is 1.23 bits per heavy atom. The molecule has 2 aromatic rings. The number of hydrogen-bond acceptors (Lipinski definition) is 4. The highest BCUT2D eigenvalue weighted by atomic mass is 79.9. The standard InChI is InChI=1S/C18H19BrClN3O3/c1-3-23(4-2)17(24)11-26-16-6-5-14(8-15(16)20)22-18(25)12-7-13(19)10-21-9-12/h5-10H,3-4,11H2,1-2H3,(H,22,25). The molecule has 1 aromatic heterocycles. The molecule has 0 spiro atoms. The van der Waals surface area contributed by atoms with Crippen molar-refractivity contribution in [1.29, 1.82) is 0 Å². The van der Waals surface area contributed by atoms with Gasteiger partial charge in [-0.25, -0.2) is 0 Å². The number of likely N-dealkylation sites (N-methyl/N-ethyl adjacent to an activating group) is 1. The maximum atomic E-state index is 12.2. The van der Waals surface area contributed by atoms with Gasteiger partial charge in [-0.1, -0.05) is 11.6 Å². The number of aromatic nitrogens is 1. The number of nitrogens with one attached hydrogen (secondary N) is 1. The highest BCUT2D eigenvalue weighted by Gasteiger charge is 2.13. The van der Waals surface area contributed by atoms with Crippen LogP contribution in [0.25, 0.3) is 0 Å². The molecule has 1 heterocycles. The average molecular weight is 441 g/mol. The van der Waals surface area contributed by atoms with E-state index in [0.29, 0.717) is 39.6 Å². The van der Waals surface area contributed by atoms with Crippen molar-refractivity contribution in [2.75, 3.05) is 25.0 Å². The van der Waals surface area contributed by atoms with Crippen LogP contribution in [0.2, 0.25) is 5.02 Å². The summed E-state index contributed by atoms with van der Waals surface area (Å²) in [6, 6.07) is 6.52. The van der Waals surface area contributed by atoms with E-state index in [1.54, 1.807) is 35.4 Å². The number of carbonyl (C=O) groups excluding carboxylic acids is 2. The van der Waals surface area contributed by atoms with Gasteiger partial charge >= 0.3 is 0 Å². The van der Waals surface area contributed by atoms with E-state index in [4.69, 9.17) is 16.3 Å².